The fourth-order valence-electron chi connectivity index (χ4n) is 2.52. The van der Waals surface area contributed by atoms with Crippen LogP contribution in [0.15, 0.2) is 48.5 Å². The van der Waals surface area contributed by atoms with Crippen molar-refractivity contribution in [2.24, 2.45) is 0 Å². The van der Waals surface area contributed by atoms with Crippen molar-refractivity contribution in [2.75, 3.05) is 11.9 Å². The Balaban J connectivity index is 1.95. The molecular weight excluding hydrogens is 349 g/mol. The molecule has 0 bridgehead atoms. The summed E-state index contributed by atoms with van der Waals surface area (Å²) in [5.74, 6) is -0.539. The van der Waals surface area contributed by atoms with Gasteiger partial charge < -0.3 is 19.5 Å². The van der Waals surface area contributed by atoms with Gasteiger partial charge in [0.05, 0.1) is 12.7 Å². The van der Waals surface area contributed by atoms with Gasteiger partial charge >= 0.3 is 7.60 Å². The molecule has 1 aliphatic rings. The molecule has 1 aliphatic heterocycles. The molecule has 5 nitrogen and oxygen atoms in total. The third kappa shape index (κ3) is 3.93. The highest BCUT2D eigenvalue weighted by Crippen LogP contribution is 2.63. The molecule has 24 heavy (non-hydrogen) atoms. The number of aromatic hydroxyl groups is 1. The van der Waals surface area contributed by atoms with Gasteiger partial charge in [0.15, 0.2) is 5.78 Å². The molecule has 2 N–H and O–H groups in total. The summed E-state index contributed by atoms with van der Waals surface area (Å²) in [6, 6.07) is 13.6. The van der Waals surface area contributed by atoms with Crippen molar-refractivity contribution < 1.29 is 18.7 Å². The van der Waals surface area contributed by atoms with Gasteiger partial charge in [-0.25, -0.2) is 0 Å². The lowest BCUT2D eigenvalue weighted by Gasteiger charge is -2.34. The fourth-order valence-corrected chi connectivity index (χ4v) is 4.79. The molecule has 0 radical (unpaired) electrons. The van der Waals surface area contributed by atoms with E-state index in [1.54, 1.807) is 48.5 Å². The molecule has 0 aromatic heterocycles. The zero-order chi connectivity index (χ0) is 17.2. The summed E-state index contributed by atoms with van der Waals surface area (Å²) in [5, 5.41) is 13.3. The monoisotopic (exact) mass is 367 g/mol. The highest BCUT2D eigenvalue weighted by Gasteiger charge is 2.41. The van der Waals surface area contributed by atoms with Gasteiger partial charge in [-0.3, -0.25) is 4.57 Å². The number of phenols is 1. The van der Waals surface area contributed by atoms with Gasteiger partial charge in [0.2, 0.25) is 0 Å². The quantitative estimate of drug-likeness (QED) is 0.729. The predicted octanol–water partition coefficient (Wildman–Crippen LogP) is 5.17. The third-order valence-electron chi connectivity index (χ3n) is 3.80. The minimum Gasteiger partial charge on any atom is -0.508 e. The third-order valence-corrected chi connectivity index (χ3v) is 6.30. The number of phenolic OH excluding ortho intramolecular Hbond substituents is 1. The standard InChI is InChI=1S/C17H19ClNO4P/c1-12-10-11-22-24(21,23-12)17(13-2-8-16(20)9-3-13)19-15-6-4-14(18)5-7-15/h2-9,12,17,19-20H,10-11H2,1H3/t12-,17-,24+/m1/s1. The summed E-state index contributed by atoms with van der Waals surface area (Å²) >= 11 is 5.92. The Kier molecular flexibility index (Phi) is 5.16. The lowest BCUT2D eigenvalue weighted by atomic mass is 10.2. The van der Waals surface area contributed by atoms with Gasteiger partial charge in [0.1, 0.15) is 5.75 Å². The number of nitrogens with one attached hydrogen (secondary N) is 1. The van der Waals surface area contributed by atoms with Crippen molar-refractivity contribution in [3.05, 3.63) is 59.1 Å². The minimum absolute atomic E-state index is 0.140. The highest BCUT2D eigenvalue weighted by atomic mass is 35.5. The van der Waals surface area contributed by atoms with E-state index in [-0.39, 0.29) is 11.9 Å². The van der Waals surface area contributed by atoms with Crippen LogP contribution in [-0.4, -0.2) is 17.8 Å². The van der Waals surface area contributed by atoms with Crippen molar-refractivity contribution in [1.82, 2.24) is 0 Å². The number of anilines is 1. The molecule has 1 heterocycles. The van der Waals surface area contributed by atoms with Crippen LogP contribution < -0.4 is 5.32 Å². The smallest absolute Gasteiger partial charge is 0.357 e. The number of hydrogen-bond donors (Lipinski definition) is 2. The first-order valence-corrected chi connectivity index (χ1v) is 9.69. The Hall–Kier alpha value is -1.52. The lowest BCUT2D eigenvalue weighted by Crippen LogP contribution is -2.23. The van der Waals surface area contributed by atoms with Crippen molar-refractivity contribution >= 4 is 24.9 Å². The van der Waals surface area contributed by atoms with E-state index in [1.165, 1.54) is 0 Å². The van der Waals surface area contributed by atoms with Crippen molar-refractivity contribution in [1.29, 1.82) is 0 Å². The maximum absolute atomic E-state index is 13.3. The summed E-state index contributed by atoms with van der Waals surface area (Å²) in [4.78, 5) is 0. The van der Waals surface area contributed by atoms with Crippen LogP contribution in [0.4, 0.5) is 5.69 Å². The van der Waals surface area contributed by atoms with E-state index in [1.807, 2.05) is 6.92 Å². The summed E-state index contributed by atoms with van der Waals surface area (Å²) in [6.07, 6.45) is 0.559. The summed E-state index contributed by atoms with van der Waals surface area (Å²) in [6.45, 7) is 2.26. The zero-order valence-corrected chi connectivity index (χ0v) is 14.8. The maximum atomic E-state index is 13.3. The van der Waals surface area contributed by atoms with Gasteiger partial charge in [0.25, 0.3) is 0 Å². The normalized spacial score (nSPS) is 25.2. The minimum atomic E-state index is -3.42. The van der Waals surface area contributed by atoms with Crippen LogP contribution >= 0.6 is 19.2 Å². The van der Waals surface area contributed by atoms with Gasteiger partial charge in [-0.05, 0) is 55.3 Å². The summed E-state index contributed by atoms with van der Waals surface area (Å²) in [5.41, 5.74) is 1.46. The SMILES string of the molecule is C[C@@H]1CCO[P@@](=O)([C@@H](Nc2ccc(Cl)cc2)c2ccc(O)cc2)O1. The van der Waals surface area contributed by atoms with E-state index in [4.69, 9.17) is 20.6 Å². The molecule has 0 saturated carbocycles. The molecule has 1 saturated heterocycles. The Bertz CT molecular complexity index is 735. The average molecular weight is 368 g/mol. The van der Waals surface area contributed by atoms with Gasteiger partial charge in [-0.1, -0.05) is 23.7 Å². The fraction of sp³-hybridized carbons (Fsp3) is 0.294. The molecule has 2 aromatic carbocycles. The molecule has 128 valence electrons. The Labute approximate surface area is 146 Å². The summed E-state index contributed by atoms with van der Waals surface area (Å²) < 4.78 is 24.6. The first kappa shape index (κ1) is 17.3. The van der Waals surface area contributed by atoms with Crippen molar-refractivity contribution in [2.45, 2.75) is 25.2 Å². The maximum Gasteiger partial charge on any atom is 0.357 e. The zero-order valence-electron chi connectivity index (χ0n) is 13.2. The Morgan fingerprint density at radius 1 is 1.21 bits per heavy atom. The topological polar surface area (TPSA) is 67.8 Å². The molecule has 0 unspecified atom stereocenters. The molecule has 1 fully saturated rings. The van der Waals surface area contributed by atoms with E-state index in [2.05, 4.69) is 5.32 Å². The number of benzene rings is 2. The molecule has 3 rings (SSSR count). The van der Waals surface area contributed by atoms with Crippen LogP contribution in [0, 0.1) is 0 Å². The number of rotatable bonds is 4. The molecule has 0 aliphatic carbocycles. The van der Waals surface area contributed by atoms with Crippen LogP contribution in [0.25, 0.3) is 0 Å². The van der Waals surface area contributed by atoms with E-state index >= 15 is 0 Å². The van der Waals surface area contributed by atoms with E-state index in [0.717, 1.165) is 5.69 Å². The van der Waals surface area contributed by atoms with Crippen LogP contribution in [-0.2, 0) is 13.6 Å². The van der Waals surface area contributed by atoms with Crippen LogP contribution in [0.2, 0.25) is 5.02 Å². The Morgan fingerprint density at radius 2 is 1.88 bits per heavy atom. The predicted molar refractivity (Wildman–Crippen MR) is 94.6 cm³/mol. The second-order valence-electron chi connectivity index (χ2n) is 5.72. The van der Waals surface area contributed by atoms with Crippen molar-refractivity contribution in [3.63, 3.8) is 0 Å². The molecule has 2 aromatic rings. The first-order valence-electron chi connectivity index (χ1n) is 7.70. The molecular formula is C17H19ClNO4P. The van der Waals surface area contributed by atoms with Crippen LogP contribution in [0.1, 0.15) is 24.7 Å². The van der Waals surface area contributed by atoms with E-state index < -0.39 is 13.4 Å². The molecule has 0 amide bonds. The molecule has 7 heteroatoms. The van der Waals surface area contributed by atoms with Gasteiger partial charge in [0, 0.05) is 10.7 Å². The van der Waals surface area contributed by atoms with Gasteiger partial charge in [-0.2, -0.15) is 0 Å². The molecule has 3 atom stereocenters. The second-order valence-corrected chi connectivity index (χ2v) is 8.22. The average Bonchev–Trinajstić information content (AvgIpc) is 2.55. The summed E-state index contributed by atoms with van der Waals surface area (Å²) in [7, 11) is -3.42. The Morgan fingerprint density at radius 3 is 2.50 bits per heavy atom. The second kappa shape index (κ2) is 7.16. The lowest BCUT2D eigenvalue weighted by molar-refractivity contribution is 0.0887. The van der Waals surface area contributed by atoms with E-state index in [0.29, 0.717) is 23.6 Å². The van der Waals surface area contributed by atoms with Crippen LogP contribution in [0.5, 0.6) is 5.75 Å². The first-order chi connectivity index (χ1) is 11.5. The van der Waals surface area contributed by atoms with E-state index in [9.17, 15) is 9.67 Å². The van der Waals surface area contributed by atoms with Gasteiger partial charge in [-0.15, -0.1) is 0 Å². The number of halogens is 1. The van der Waals surface area contributed by atoms with Crippen molar-refractivity contribution in [3.8, 4) is 5.75 Å². The highest BCUT2D eigenvalue weighted by molar-refractivity contribution is 7.54. The molecule has 0 spiro atoms. The largest absolute Gasteiger partial charge is 0.508 e. The van der Waals surface area contributed by atoms with Crippen LogP contribution in [0.3, 0.4) is 0 Å². The number of hydrogen-bond acceptors (Lipinski definition) is 5.